The van der Waals surface area contributed by atoms with Crippen molar-refractivity contribution in [2.45, 2.75) is 73.9 Å². The van der Waals surface area contributed by atoms with Crippen molar-refractivity contribution < 1.29 is 18.3 Å². The summed E-state index contributed by atoms with van der Waals surface area (Å²) in [5, 5.41) is 21.2. The Morgan fingerprint density at radius 1 is 1.12 bits per heavy atom. The molecule has 1 amide bonds. The van der Waals surface area contributed by atoms with Crippen LogP contribution in [-0.4, -0.2) is 77.4 Å². The van der Waals surface area contributed by atoms with Gasteiger partial charge in [0.1, 0.15) is 17.0 Å². The van der Waals surface area contributed by atoms with Crippen molar-refractivity contribution in [2.24, 2.45) is 0 Å². The lowest BCUT2D eigenvalue weighted by Crippen LogP contribution is -2.46. The van der Waals surface area contributed by atoms with Gasteiger partial charge in [-0.2, -0.15) is 14.7 Å². The van der Waals surface area contributed by atoms with Gasteiger partial charge in [-0.25, -0.2) is 18.4 Å². The number of piperidine rings is 1. The Bertz CT molecular complexity index is 1740. The number of aliphatic hydroxyl groups is 1. The van der Waals surface area contributed by atoms with E-state index in [1.165, 1.54) is 10.8 Å². The number of amides is 1. The van der Waals surface area contributed by atoms with Gasteiger partial charge < -0.3 is 15.7 Å². The zero-order chi connectivity index (χ0) is 27.8. The third-order valence-electron chi connectivity index (χ3n) is 8.56. The molecule has 7 rings (SSSR count). The standard InChI is InChI=1S/C26H29N9O4S/c1-40(38,39)22-21(14-8-16-5-6-17(9-14)34(16)26(37)24-29-12-30-33-24)32-25-18(11-31-35(25)23(22)27)15-7-13-3-2-4-19(36)20(13)28-10-15/h7,10-12,14,16-17,19,36H,2-6,8-9,27H2,1H3,(H,29,30,33). The van der Waals surface area contributed by atoms with Crippen LogP contribution >= 0.6 is 0 Å². The van der Waals surface area contributed by atoms with Gasteiger partial charge in [0, 0.05) is 41.6 Å². The SMILES string of the molecule is CS(=O)(=O)c1c(C2CC3CCC(C2)N3C(=O)c2ncn[nH]2)nc2c(-c3cnc4c(c3)CCCC4O)cnn2c1N. The molecule has 2 aliphatic heterocycles. The number of H-pyrrole nitrogens is 1. The van der Waals surface area contributed by atoms with Gasteiger partial charge in [0.25, 0.3) is 5.91 Å². The van der Waals surface area contributed by atoms with E-state index in [1.807, 2.05) is 11.0 Å². The van der Waals surface area contributed by atoms with Crippen LogP contribution in [0.2, 0.25) is 0 Å². The van der Waals surface area contributed by atoms with Crippen molar-refractivity contribution in [3.8, 4) is 11.1 Å². The second kappa shape index (κ2) is 9.06. The van der Waals surface area contributed by atoms with E-state index < -0.39 is 15.9 Å². The van der Waals surface area contributed by atoms with Crippen LogP contribution in [0.3, 0.4) is 0 Å². The molecule has 14 heteroatoms. The molecule has 3 aliphatic rings. The number of rotatable bonds is 4. The summed E-state index contributed by atoms with van der Waals surface area (Å²) in [6.45, 7) is 0. The normalized spacial score (nSPS) is 24.4. The Labute approximate surface area is 229 Å². The van der Waals surface area contributed by atoms with E-state index in [9.17, 15) is 18.3 Å². The summed E-state index contributed by atoms with van der Waals surface area (Å²) in [4.78, 5) is 28.5. The maximum absolute atomic E-state index is 13.1. The highest BCUT2D eigenvalue weighted by Crippen LogP contribution is 2.45. The maximum Gasteiger partial charge on any atom is 0.291 e. The zero-order valence-electron chi connectivity index (χ0n) is 21.9. The largest absolute Gasteiger partial charge is 0.387 e. The van der Waals surface area contributed by atoms with Crippen molar-refractivity contribution in [1.29, 1.82) is 0 Å². The van der Waals surface area contributed by atoms with Crippen LogP contribution in [0.1, 0.15) is 78.1 Å². The number of nitrogens with two attached hydrogens (primary N) is 1. The number of aromatic amines is 1. The molecule has 3 unspecified atom stereocenters. The van der Waals surface area contributed by atoms with Gasteiger partial charge in [0.05, 0.1) is 23.7 Å². The van der Waals surface area contributed by atoms with Crippen molar-refractivity contribution in [3.63, 3.8) is 0 Å². The number of hydrogen-bond acceptors (Lipinski definition) is 10. The monoisotopic (exact) mass is 563 g/mol. The van der Waals surface area contributed by atoms with Gasteiger partial charge in [-0.15, -0.1) is 0 Å². The topological polar surface area (TPSA) is 185 Å². The van der Waals surface area contributed by atoms with E-state index in [0.29, 0.717) is 41.9 Å². The molecule has 0 aromatic carbocycles. The van der Waals surface area contributed by atoms with Crippen molar-refractivity contribution in [2.75, 3.05) is 12.0 Å². The first kappa shape index (κ1) is 25.1. The number of nitrogens with one attached hydrogen (secondary N) is 1. The number of fused-ring (bicyclic) bond motifs is 4. The minimum absolute atomic E-state index is 0.0132. The number of aliphatic hydroxyl groups excluding tert-OH is 1. The van der Waals surface area contributed by atoms with E-state index in [2.05, 4.69) is 25.3 Å². The Morgan fingerprint density at radius 3 is 2.60 bits per heavy atom. The fourth-order valence-corrected chi connectivity index (χ4v) is 7.89. The molecular weight excluding hydrogens is 534 g/mol. The predicted molar refractivity (Wildman–Crippen MR) is 143 cm³/mol. The number of sulfone groups is 1. The summed E-state index contributed by atoms with van der Waals surface area (Å²) in [5.74, 6) is -0.195. The van der Waals surface area contributed by atoms with Crippen LogP contribution in [0.25, 0.3) is 16.8 Å². The third kappa shape index (κ3) is 3.88. The quantitative estimate of drug-likeness (QED) is 0.331. The second-order valence-corrected chi connectivity index (χ2v) is 13.0. The molecule has 2 saturated heterocycles. The summed E-state index contributed by atoms with van der Waals surface area (Å²) in [7, 11) is -3.75. The molecular formula is C26H29N9O4S. The minimum Gasteiger partial charge on any atom is -0.387 e. The van der Waals surface area contributed by atoms with Gasteiger partial charge in [0.2, 0.25) is 5.82 Å². The number of carbonyl (C=O) groups excluding carboxylic acids is 1. The minimum atomic E-state index is -3.75. The van der Waals surface area contributed by atoms with E-state index in [4.69, 9.17) is 10.7 Å². The number of anilines is 1. The number of aromatic nitrogens is 7. The van der Waals surface area contributed by atoms with Crippen LogP contribution in [0.5, 0.6) is 0 Å². The first-order chi connectivity index (χ1) is 19.2. The molecule has 208 valence electrons. The van der Waals surface area contributed by atoms with Gasteiger partial charge in [-0.1, -0.05) is 0 Å². The molecule has 2 bridgehead atoms. The first-order valence-corrected chi connectivity index (χ1v) is 15.3. The van der Waals surface area contributed by atoms with E-state index >= 15 is 0 Å². The Balaban J connectivity index is 1.31. The fraction of sp³-hybridized carbons (Fsp3) is 0.462. The molecule has 1 aliphatic carbocycles. The van der Waals surface area contributed by atoms with Gasteiger partial charge in [-0.05, 0) is 56.6 Å². The number of hydrogen-bond donors (Lipinski definition) is 3. The zero-order valence-corrected chi connectivity index (χ0v) is 22.7. The lowest BCUT2D eigenvalue weighted by molar-refractivity contribution is 0.0556. The lowest BCUT2D eigenvalue weighted by atomic mass is 9.87. The molecule has 3 atom stereocenters. The third-order valence-corrected chi connectivity index (χ3v) is 9.72. The molecule has 0 spiro atoms. The first-order valence-electron chi connectivity index (χ1n) is 13.4. The lowest BCUT2D eigenvalue weighted by Gasteiger charge is -2.38. The van der Waals surface area contributed by atoms with Crippen LogP contribution in [0.15, 0.2) is 29.7 Å². The number of aryl methyl sites for hydroxylation is 1. The molecule has 2 fully saturated rings. The van der Waals surface area contributed by atoms with Gasteiger partial charge >= 0.3 is 0 Å². The highest BCUT2D eigenvalue weighted by Gasteiger charge is 2.46. The van der Waals surface area contributed by atoms with Crippen LogP contribution in [0.4, 0.5) is 5.82 Å². The average Bonchev–Trinajstić information content (AvgIpc) is 3.66. The van der Waals surface area contributed by atoms with E-state index in [0.717, 1.165) is 43.1 Å². The highest BCUT2D eigenvalue weighted by molar-refractivity contribution is 7.91. The molecule has 0 saturated carbocycles. The Kier molecular flexibility index (Phi) is 5.68. The molecule has 40 heavy (non-hydrogen) atoms. The smallest absolute Gasteiger partial charge is 0.291 e. The predicted octanol–water partition coefficient (Wildman–Crippen LogP) is 1.82. The van der Waals surface area contributed by atoms with Gasteiger partial charge in [-0.3, -0.25) is 14.9 Å². The summed E-state index contributed by atoms with van der Waals surface area (Å²) < 4.78 is 27.5. The maximum atomic E-state index is 13.1. The van der Waals surface area contributed by atoms with Crippen LogP contribution in [-0.2, 0) is 16.3 Å². The summed E-state index contributed by atoms with van der Waals surface area (Å²) in [6.07, 6.45) is 10.3. The molecule has 4 aromatic rings. The average molecular weight is 564 g/mol. The Hall–Kier alpha value is -3.91. The van der Waals surface area contributed by atoms with Crippen LogP contribution in [0, 0.1) is 0 Å². The number of carbonyl (C=O) groups is 1. The highest BCUT2D eigenvalue weighted by atomic mass is 32.2. The van der Waals surface area contributed by atoms with Gasteiger partial charge in [0.15, 0.2) is 15.5 Å². The molecule has 13 nitrogen and oxygen atoms in total. The second-order valence-electron chi connectivity index (χ2n) is 11.1. The fourth-order valence-electron chi connectivity index (χ4n) is 6.83. The number of pyridine rings is 1. The summed E-state index contributed by atoms with van der Waals surface area (Å²) in [5.41, 5.74) is 10.5. The van der Waals surface area contributed by atoms with E-state index in [1.54, 1.807) is 12.4 Å². The molecule has 0 radical (unpaired) electrons. The summed E-state index contributed by atoms with van der Waals surface area (Å²) in [6, 6.07) is 1.85. The Morgan fingerprint density at radius 2 is 1.90 bits per heavy atom. The van der Waals surface area contributed by atoms with Crippen molar-refractivity contribution >= 4 is 27.2 Å². The number of nitrogens with zero attached hydrogens (tertiary/aromatic N) is 7. The van der Waals surface area contributed by atoms with Crippen molar-refractivity contribution in [1.82, 2.24) is 39.7 Å². The molecule has 6 heterocycles. The van der Waals surface area contributed by atoms with E-state index in [-0.39, 0.29) is 40.4 Å². The van der Waals surface area contributed by atoms with Crippen LogP contribution < -0.4 is 5.73 Å². The summed E-state index contributed by atoms with van der Waals surface area (Å²) >= 11 is 0. The molecule has 4 aromatic heterocycles. The number of nitrogen functional groups attached to an aromatic ring is 1. The molecule has 4 N–H and O–H groups in total. The van der Waals surface area contributed by atoms with Crippen molar-refractivity contribution in [3.05, 3.63) is 47.6 Å².